The molecule has 0 saturated carbocycles. The lowest BCUT2D eigenvalue weighted by atomic mass is 10.0. The number of amides is 1. The van der Waals surface area contributed by atoms with Crippen molar-refractivity contribution in [3.05, 3.63) is 29.6 Å². The minimum Gasteiger partial charge on any atom is -0.348 e. The molecule has 0 aliphatic rings. The fourth-order valence-electron chi connectivity index (χ4n) is 1.75. The van der Waals surface area contributed by atoms with Crippen LogP contribution in [-0.2, 0) is 6.18 Å². The number of nitrogens with zero attached hydrogens (tertiary/aromatic N) is 1. The van der Waals surface area contributed by atoms with E-state index in [0.717, 1.165) is 18.3 Å². The highest BCUT2D eigenvalue weighted by atomic mass is 35.5. The van der Waals surface area contributed by atoms with E-state index in [1.54, 1.807) is 0 Å². The van der Waals surface area contributed by atoms with Crippen molar-refractivity contribution in [1.29, 1.82) is 0 Å². The van der Waals surface area contributed by atoms with Crippen molar-refractivity contribution in [3.63, 3.8) is 0 Å². The Morgan fingerprint density at radius 1 is 1.32 bits per heavy atom. The zero-order valence-electron chi connectivity index (χ0n) is 12.2. The van der Waals surface area contributed by atoms with Gasteiger partial charge in [0.05, 0.1) is 5.56 Å². The number of carbonyl (C=O) groups is 1. The van der Waals surface area contributed by atoms with E-state index in [2.05, 4.69) is 10.3 Å². The van der Waals surface area contributed by atoms with E-state index >= 15 is 0 Å². The van der Waals surface area contributed by atoms with Crippen LogP contribution in [0, 0.1) is 5.92 Å². The van der Waals surface area contributed by atoms with Crippen molar-refractivity contribution in [2.24, 2.45) is 11.7 Å². The van der Waals surface area contributed by atoms with Crippen molar-refractivity contribution in [2.45, 2.75) is 32.5 Å². The Bertz CT molecular complexity index is 453. The summed E-state index contributed by atoms with van der Waals surface area (Å²) in [5.41, 5.74) is 4.61. The normalized spacial score (nSPS) is 12.1. The van der Waals surface area contributed by atoms with Crippen LogP contribution in [-0.4, -0.2) is 23.5 Å². The standard InChI is InChI=1S/C13H18F3N3O.2ClH/c1-8(2)5-10(6-17)19-12(20)9-3-4-11(18-7-9)13(14,15)16;;/h3-4,7-8,10H,5-6,17H2,1-2H3,(H,19,20);2*1H. The van der Waals surface area contributed by atoms with E-state index in [1.807, 2.05) is 13.8 Å². The molecule has 0 bridgehead atoms. The van der Waals surface area contributed by atoms with Crippen LogP contribution in [0.1, 0.15) is 36.3 Å². The number of halogens is 5. The number of nitrogens with two attached hydrogens (primary N) is 1. The average Bonchev–Trinajstić information content (AvgIpc) is 2.36. The minimum atomic E-state index is -4.51. The molecule has 0 saturated heterocycles. The second kappa shape index (κ2) is 9.86. The Hall–Kier alpha value is -1.05. The zero-order valence-corrected chi connectivity index (χ0v) is 13.8. The first-order chi connectivity index (χ1) is 9.24. The summed E-state index contributed by atoms with van der Waals surface area (Å²) in [5.74, 6) is -0.114. The largest absolute Gasteiger partial charge is 0.433 e. The lowest BCUT2D eigenvalue weighted by Crippen LogP contribution is -2.41. The minimum absolute atomic E-state index is 0. The molecule has 0 spiro atoms. The SMILES string of the molecule is CC(C)CC(CN)NC(=O)c1ccc(C(F)(F)F)nc1.Cl.Cl. The molecule has 1 aromatic rings. The molecule has 3 N–H and O–H groups in total. The summed E-state index contributed by atoms with van der Waals surface area (Å²) in [6.45, 7) is 4.26. The molecule has 1 atom stereocenters. The van der Waals surface area contributed by atoms with E-state index in [1.165, 1.54) is 0 Å². The first kappa shape index (κ1) is 23.2. The molecule has 1 rings (SSSR count). The van der Waals surface area contributed by atoms with Crippen LogP contribution >= 0.6 is 24.8 Å². The highest BCUT2D eigenvalue weighted by Crippen LogP contribution is 2.27. The molecule has 0 fully saturated rings. The van der Waals surface area contributed by atoms with Crippen LogP contribution < -0.4 is 11.1 Å². The first-order valence-electron chi connectivity index (χ1n) is 6.28. The second-order valence-corrected chi connectivity index (χ2v) is 4.97. The average molecular weight is 362 g/mol. The van der Waals surface area contributed by atoms with Crippen molar-refractivity contribution < 1.29 is 18.0 Å². The van der Waals surface area contributed by atoms with E-state index in [9.17, 15) is 18.0 Å². The summed E-state index contributed by atoms with van der Waals surface area (Å²) < 4.78 is 37.0. The van der Waals surface area contributed by atoms with Crippen LogP contribution in [0.3, 0.4) is 0 Å². The molecule has 0 aliphatic heterocycles. The van der Waals surface area contributed by atoms with Crippen molar-refractivity contribution in [1.82, 2.24) is 10.3 Å². The third kappa shape index (κ3) is 7.29. The Morgan fingerprint density at radius 3 is 2.27 bits per heavy atom. The molecular formula is C13H20Cl2F3N3O. The maximum atomic E-state index is 12.3. The number of hydrogen-bond donors (Lipinski definition) is 2. The lowest BCUT2D eigenvalue weighted by Gasteiger charge is -2.18. The van der Waals surface area contributed by atoms with E-state index < -0.39 is 17.8 Å². The van der Waals surface area contributed by atoms with E-state index in [4.69, 9.17) is 5.73 Å². The molecule has 128 valence electrons. The summed E-state index contributed by atoms with van der Waals surface area (Å²) in [6.07, 6.45) is -2.89. The Morgan fingerprint density at radius 2 is 1.91 bits per heavy atom. The van der Waals surface area contributed by atoms with Crippen LogP contribution in [0.4, 0.5) is 13.2 Å². The van der Waals surface area contributed by atoms with Gasteiger partial charge in [-0.15, -0.1) is 24.8 Å². The van der Waals surface area contributed by atoms with Gasteiger partial charge in [0.2, 0.25) is 0 Å². The van der Waals surface area contributed by atoms with Crippen LogP contribution in [0.2, 0.25) is 0 Å². The lowest BCUT2D eigenvalue weighted by molar-refractivity contribution is -0.141. The predicted octanol–water partition coefficient (Wildman–Crippen LogP) is 3.05. The molecule has 0 aromatic carbocycles. The molecule has 0 radical (unpaired) electrons. The Balaban J connectivity index is 0. The van der Waals surface area contributed by atoms with Gasteiger partial charge in [0, 0.05) is 18.8 Å². The highest BCUT2D eigenvalue weighted by Gasteiger charge is 2.32. The maximum Gasteiger partial charge on any atom is 0.433 e. The number of rotatable bonds is 5. The number of aromatic nitrogens is 1. The van der Waals surface area contributed by atoms with Gasteiger partial charge in [0.25, 0.3) is 5.91 Å². The van der Waals surface area contributed by atoms with Crippen LogP contribution in [0.25, 0.3) is 0 Å². The molecule has 1 unspecified atom stereocenters. The highest BCUT2D eigenvalue weighted by molar-refractivity contribution is 5.94. The van der Waals surface area contributed by atoms with Gasteiger partial charge in [-0.2, -0.15) is 13.2 Å². The van der Waals surface area contributed by atoms with Gasteiger partial charge >= 0.3 is 6.18 Å². The summed E-state index contributed by atoms with van der Waals surface area (Å²) in [6, 6.07) is 1.69. The molecule has 22 heavy (non-hydrogen) atoms. The van der Waals surface area contributed by atoms with Gasteiger partial charge in [-0.3, -0.25) is 9.78 Å². The fourth-order valence-corrected chi connectivity index (χ4v) is 1.75. The Kier molecular flexibility index (Phi) is 10.4. The van der Waals surface area contributed by atoms with Gasteiger partial charge in [-0.25, -0.2) is 0 Å². The van der Waals surface area contributed by atoms with Gasteiger partial charge in [-0.1, -0.05) is 13.8 Å². The summed E-state index contributed by atoms with van der Waals surface area (Å²) in [5, 5.41) is 2.69. The summed E-state index contributed by atoms with van der Waals surface area (Å²) in [4.78, 5) is 15.1. The van der Waals surface area contributed by atoms with Crippen molar-refractivity contribution >= 4 is 30.7 Å². The van der Waals surface area contributed by atoms with Crippen molar-refractivity contribution in [2.75, 3.05) is 6.54 Å². The molecule has 1 heterocycles. The first-order valence-corrected chi connectivity index (χ1v) is 6.28. The Labute approximate surface area is 139 Å². The van der Waals surface area contributed by atoms with Gasteiger partial charge in [0.15, 0.2) is 0 Å². The third-order valence-electron chi connectivity index (χ3n) is 2.69. The van der Waals surface area contributed by atoms with Crippen LogP contribution in [0.15, 0.2) is 18.3 Å². The monoisotopic (exact) mass is 361 g/mol. The molecular weight excluding hydrogens is 342 g/mol. The second-order valence-electron chi connectivity index (χ2n) is 4.97. The molecule has 9 heteroatoms. The summed E-state index contributed by atoms with van der Waals surface area (Å²) >= 11 is 0. The van der Waals surface area contributed by atoms with Crippen molar-refractivity contribution in [3.8, 4) is 0 Å². The van der Waals surface area contributed by atoms with Crippen LogP contribution in [0.5, 0.6) is 0 Å². The molecule has 1 amide bonds. The number of carbonyl (C=O) groups excluding carboxylic acids is 1. The molecule has 1 aromatic heterocycles. The number of nitrogens with one attached hydrogen (secondary N) is 1. The molecule has 0 aliphatic carbocycles. The maximum absolute atomic E-state index is 12.3. The quantitative estimate of drug-likeness (QED) is 0.846. The summed E-state index contributed by atoms with van der Waals surface area (Å²) in [7, 11) is 0. The zero-order chi connectivity index (χ0) is 15.3. The van der Waals surface area contributed by atoms with Gasteiger partial charge in [0.1, 0.15) is 5.69 Å². The number of hydrogen-bond acceptors (Lipinski definition) is 3. The van der Waals surface area contributed by atoms with Gasteiger partial charge < -0.3 is 11.1 Å². The predicted molar refractivity (Wildman–Crippen MR) is 83.5 cm³/mol. The fraction of sp³-hybridized carbons (Fsp3) is 0.538. The molecule has 4 nitrogen and oxygen atoms in total. The van der Waals surface area contributed by atoms with Gasteiger partial charge in [-0.05, 0) is 24.5 Å². The van der Waals surface area contributed by atoms with E-state index in [-0.39, 0.29) is 43.0 Å². The van der Waals surface area contributed by atoms with E-state index in [0.29, 0.717) is 12.3 Å². The number of pyridine rings is 1. The third-order valence-corrected chi connectivity index (χ3v) is 2.69. The number of alkyl halides is 3. The topological polar surface area (TPSA) is 68.0 Å². The smallest absolute Gasteiger partial charge is 0.348 e.